The van der Waals surface area contributed by atoms with Crippen molar-refractivity contribution in [2.45, 2.75) is 26.7 Å². The first-order valence-electron chi connectivity index (χ1n) is 10.6. The molecule has 0 atom stereocenters. The number of rotatable bonds is 6. The maximum absolute atomic E-state index is 13.5. The Morgan fingerprint density at radius 2 is 1.80 bits per heavy atom. The van der Waals surface area contributed by atoms with Gasteiger partial charge in [-0.3, -0.25) is 23.7 Å². The van der Waals surface area contributed by atoms with E-state index in [1.54, 1.807) is 36.5 Å². The fraction of sp³-hybridized carbons (Fsp3) is 0.208. The molecule has 0 unspecified atom stereocenters. The molecular formula is C24H26ClFN4O5. The Labute approximate surface area is 206 Å². The van der Waals surface area contributed by atoms with Crippen LogP contribution in [-0.4, -0.2) is 33.4 Å². The zero-order chi connectivity index (χ0) is 26.2. The number of hydrogen-bond donors (Lipinski definition) is 3. The second kappa shape index (κ2) is 15.7. The third kappa shape index (κ3) is 10.6. The van der Waals surface area contributed by atoms with Gasteiger partial charge in [0, 0.05) is 24.5 Å². The van der Waals surface area contributed by atoms with Gasteiger partial charge >= 0.3 is 5.97 Å². The molecule has 2 aromatic heterocycles. The van der Waals surface area contributed by atoms with Crippen molar-refractivity contribution in [2.75, 3.05) is 10.6 Å². The average Bonchev–Trinajstić information content (AvgIpc) is 3.71. The van der Waals surface area contributed by atoms with Gasteiger partial charge < -0.3 is 15.7 Å². The summed E-state index contributed by atoms with van der Waals surface area (Å²) in [6.07, 6.45) is 5.77. The number of aliphatic carboxylic acids is 1. The van der Waals surface area contributed by atoms with E-state index in [0.717, 1.165) is 12.8 Å². The van der Waals surface area contributed by atoms with Crippen molar-refractivity contribution in [1.82, 2.24) is 9.55 Å². The number of aromatic nitrogens is 2. The number of carboxylic acids is 1. The van der Waals surface area contributed by atoms with Crippen LogP contribution in [0.15, 0.2) is 65.7 Å². The van der Waals surface area contributed by atoms with Crippen LogP contribution in [0.5, 0.6) is 0 Å². The van der Waals surface area contributed by atoms with E-state index < -0.39 is 11.8 Å². The first-order valence-corrected chi connectivity index (χ1v) is 11.0. The predicted molar refractivity (Wildman–Crippen MR) is 132 cm³/mol. The Kier molecular flexibility index (Phi) is 13.0. The van der Waals surface area contributed by atoms with Gasteiger partial charge in [-0.25, -0.2) is 9.37 Å². The summed E-state index contributed by atoms with van der Waals surface area (Å²) in [7, 11) is 0. The van der Waals surface area contributed by atoms with Crippen molar-refractivity contribution < 1.29 is 23.9 Å². The van der Waals surface area contributed by atoms with Gasteiger partial charge in [-0.15, -0.1) is 0 Å². The van der Waals surface area contributed by atoms with Crippen molar-refractivity contribution in [1.29, 1.82) is 0 Å². The quantitative estimate of drug-likeness (QED) is 0.428. The van der Waals surface area contributed by atoms with Crippen molar-refractivity contribution in [3.63, 3.8) is 0 Å². The molecule has 9 nitrogen and oxygen atoms in total. The van der Waals surface area contributed by atoms with E-state index in [4.69, 9.17) is 16.7 Å². The molecule has 4 rings (SSSR count). The smallest absolute Gasteiger partial charge is 0.306 e. The molecule has 11 heteroatoms. The number of carbonyl (C=O) groups is 3. The van der Waals surface area contributed by atoms with Crippen LogP contribution in [0.1, 0.15) is 26.7 Å². The Morgan fingerprint density at radius 3 is 2.26 bits per heavy atom. The van der Waals surface area contributed by atoms with E-state index in [0.29, 0.717) is 29.3 Å². The fourth-order valence-corrected chi connectivity index (χ4v) is 2.44. The first-order chi connectivity index (χ1) is 16.8. The standard InChI is InChI=1S/C12H9FN2O2.C6H5ClN2O.C4H6O2.C2H6/c13-10-7-9(4-5-11(10)14-8-16)15-6-2-1-3-12(15)17;7-5-1-2-6(8-3-5)9-4-10;5-4(6)3-1-2-3;1-2/h1-8H,(H,14,16);1-4H,(H,8,9,10);3H,1-2H2,(H,5,6);1-2H3. The van der Waals surface area contributed by atoms with Gasteiger partial charge in [0.15, 0.2) is 0 Å². The molecule has 0 spiro atoms. The van der Waals surface area contributed by atoms with Crippen LogP contribution in [0.25, 0.3) is 5.69 Å². The highest BCUT2D eigenvalue weighted by Gasteiger charge is 2.28. The molecule has 3 aromatic rings. The number of anilines is 2. The number of nitrogens with one attached hydrogen (secondary N) is 2. The normalized spacial score (nSPS) is 11.1. The van der Waals surface area contributed by atoms with Gasteiger partial charge in [0.25, 0.3) is 5.56 Å². The lowest BCUT2D eigenvalue weighted by Crippen LogP contribution is -2.15. The van der Waals surface area contributed by atoms with Crippen LogP contribution < -0.4 is 16.2 Å². The van der Waals surface area contributed by atoms with Gasteiger partial charge in [0.1, 0.15) is 11.6 Å². The van der Waals surface area contributed by atoms with Crippen LogP contribution in [0, 0.1) is 11.7 Å². The molecule has 0 aliphatic heterocycles. The molecule has 35 heavy (non-hydrogen) atoms. The van der Waals surface area contributed by atoms with Crippen molar-refractivity contribution in [3.05, 3.63) is 82.1 Å². The predicted octanol–water partition coefficient (Wildman–Crippen LogP) is 4.36. The highest BCUT2D eigenvalue weighted by atomic mass is 35.5. The topological polar surface area (TPSA) is 130 Å². The maximum Gasteiger partial charge on any atom is 0.306 e. The van der Waals surface area contributed by atoms with Gasteiger partial charge in [-0.2, -0.15) is 0 Å². The number of carbonyl (C=O) groups excluding carboxylic acids is 2. The summed E-state index contributed by atoms with van der Waals surface area (Å²) >= 11 is 5.53. The molecule has 1 aromatic carbocycles. The fourth-order valence-electron chi connectivity index (χ4n) is 2.33. The summed E-state index contributed by atoms with van der Waals surface area (Å²) < 4.78 is 14.8. The maximum atomic E-state index is 13.5. The number of hydrogen-bond acceptors (Lipinski definition) is 5. The molecule has 1 aliphatic rings. The lowest BCUT2D eigenvalue weighted by molar-refractivity contribution is -0.138. The van der Waals surface area contributed by atoms with Crippen LogP contribution in [-0.2, 0) is 14.4 Å². The Hall–Kier alpha value is -4.05. The molecule has 0 saturated heterocycles. The minimum atomic E-state index is -0.630. The van der Waals surface area contributed by atoms with E-state index in [1.165, 1.54) is 29.0 Å². The van der Waals surface area contributed by atoms with E-state index in [1.807, 2.05) is 13.8 Å². The molecule has 1 fully saturated rings. The number of benzene rings is 1. The molecule has 0 radical (unpaired) electrons. The SMILES string of the molecule is CC.O=C(O)C1CC1.O=CNc1ccc(-n2ccccc2=O)cc1F.O=CNc1ccc(Cl)cn1. The summed E-state index contributed by atoms with van der Waals surface area (Å²) in [6.45, 7) is 4.00. The molecule has 0 bridgehead atoms. The van der Waals surface area contributed by atoms with Gasteiger partial charge in [0.2, 0.25) is 12.8 Å². The average molecular weight is 505 g/mol. The van der Waals surface area contributed by atoms with Gasteiger partial charge in [-0.05, 0) is 43.2 Å². The second-order valence-electron chi connectivity index (χ2n) is 6.57. The minimum Gasteiger partial charge on any atom is -0.481 e. The molecule has 2 heterocycles. The highest BCUT2D eigenvalue weighted by Crippen LogP contribution is 2.28. The molecular weight excluding hydrogens is 479 g/mol. The van der Waals surface area contributed by atoms with Crippen LogP contribution in [0.4, 0.5) is 15.9 Å². The van der Waals surface area contributed by atoms with E-state index in [-0.39, 0.29) is 17.2 Å². The number of nitrogens with zero attached hydrogens (tertiary/aromatic N) is 2. The largest absolute Gasteiger partial charge is 0.481 e. The summed E-state index contributed by atoms with van der Waals surface area (Å²) in [6, 6.07) is 12.1. The molecule has 1 saturated carbocycles. The van der Waals surface area contributed by atoms with Crippen molar-refractivity contribution >= 4 is 41.9 Å². The lowest BCUT2D eigenvalue weighted by Gasteiger charge is -2.07. The highest BCUT2D eigenvalue weighted by molar-refractivity contribution is 6.30. The second-order valence-corrected chi connectivity index (χ2v) is 7.01. The Bertz CT molecular complexity index is 1150. The monoisotopic (exact) mass is 504 g/mol. The third-order valence-corrected chi connectivity index (χ3v) is 4.35. The van der Waals surface area contributed by atoms with Gasteiger partial charge in [0.05, 0.1) is 22.3 Å². The number of pyridine rings is 2. The van der Waals surface area contributed by atoms with Gasteiger partial charge in [-0.1, -0.05) is 31.5 Å². The van der Waals surface area contributed by atoms with Crippen molar-refractivity contribution in [3.8, 4) is 5.69 Å². The number of halogens is 2. The van der Waals surface area contributed by atoms with Crippen LogP contribution >= 0.6 is 11.6 Å². The minimum absolute atomic E-state index is 0.0185. The zero-order valence-corrected chi connectivity index (χ0v) is 19.9. The summed E-state index contributed by atoms with van der Waals surface area (Å²) in [5.41, 5.74) is 0.236. The number of amides is 2. The molecule has 2 amide bonds. The third-order valence-electron chi connectivity index (χ3n) is 4.13. The Morgan fingerprint density at radius 1 is 1.11 bits per heavy atom. The van der Waals surface area contributed by atoms with E-state index in [2.05, 4.69) is 15.6 Å². The van der Waals surface area contributed by atoms with Crippen LogP contribution in [0.2, 0.25) is 5.02 Å². The lowest BCUT2D eigenvalue weighted by atomic mass is 10.2. The summed E-state index contributed by atoms with van der Waals surface area (Å²) in [5, 5.41) is 13.2. The molecule has 1 aliphatic carbocycles. The van der Waals surface area contributed by atoms with E-state index in [9.17, 15) is 23.6 Å². The first kappa shape index (κ1) is 29.0. The number of carboxylic acid groups (broad SMARTS) is 1. The van der Waals surface area contributed by atoms with Crippen molar-refractivity contribution in [2.24, 2.45) is 5.92 Å². The summed E-state index contributed by atoms with van der Waals surface area (Å²) in [5.74, 6) is -0.704. The molecule has 3 N–H and O–H groups in total. The summed E-state index contributed by atoms with van der Waals surface area (Å²) in [4.78, 5) is 45.1. The molecule has 186 valence electrons. The van der Waals surface area contributed by atoms with Crippen LogP contribution in [0.3, 0.4) is 0 Å². The zero-order valence-electron chi connectivity index (χ0n) is 19.2. The Balaban J connectivity index is 0.000000287. The van der Waals surface area contributed by atoms with E-state index >= 15 is 0 Å².